The average molecular weight is 368 g/mol. The van der Waals surface area contributed by atoms with Gasteiger partial charge in [0.2, 0.25) is 0 Å². The molecule has 1 N–H and O–H groups in total. The predicted molar refractivity (Wildman–Crippen MR) is 91.6 cm³/mol. The number of hydrogen-bond donors (Lipinski definition) is 1. The van der Waals surface area contributed by atoms with Crippen molar-refractivity contribution in [3.05, 3.63) is 63.6 Å². The molecule has 126 valence electrons. The molecule has 0 atom stereocenters. The highest BCUT2D eigenvalue weighted by Crippen LogP contribution is 2.22. The van der Waals surface area contributed by atoms with Crippen molar-refractivity contribution in [1.82, 2.24) is 5.32 Å². The Morgan fingerprint density at radius 2 is 1.88 bits per heavy atom. The van der Waals surface area contributed by atoms with Gasteiger partial charge in [-0.05, 0) is 35.9 Å². The van der Waals surface area contributed by atoms with E-state index in [-0.39, 0.29) is 17.2 Å². The van der Waals surface area contributed by atoms with Crippen LogP contribution in [0.3, 0.4) is 0 Å². The average Bonchev–Trinajstić information content (AvgIpc) is 2.60. The third-order valence-corrected chi connectivity index (χ3v) is 3.85. The summed E-state index contributed by atoms with van der Waals surface area (Å²) in [6, 6.07) is 11.6. The lowest BCUT2D eigenvalue weighted by atomic mass is 10.2. The molecule has 0 spiro atoms. The summed E-state index contributed by atoms with van der Waals surface area (Å²) in [5.41, 5.74) is 1.10. The van der Waals surface area contributed by atoms with Crippen molar-refractivity contribution in [2.24, 2.45) is 0 Å². The van der Waals surface area contributed by atoms with Crippen LogP contribution >= 0.6 is 23.2 Å². The molecular formula is C17H15Cl2NO4. The second kappa shape index (κ2) is 8.57. The lowest BCUT2D eigenvalue weighted by Gasteiger charge is -2.08. The van der Waals surface area contributed by atoms with E-state index in [9.17, 15) is 9.59 Å². The number of ether oxygens (including phenoxy) is 2. The van der Waals surface area contributed by atoms with Crippen molar-refractivity contribution in [3.63, 3.8) is 0 Å². The quantitative estimate of drug-likeness (QED) is 0.793. The van der Waals surface area contributed by atoms with Crippen LogP contribution < -0.4 is 10.1 Å². The zero-order valence-electron chi connectivity index (χ0n) is 12.8. The summed E-state index contributed by atoms with van der Waals surface area (Å²) in [5.74, 6) is -0.357. The summed E-state index contributed by atoms with van der Waals surface area (Å²) in [5, 5.41) is 3.24. The summed E-state index contributed by atoms with van der Waals surface area (Å²) in [6.45, 7) is -0.0800. The molecule has 0 bridgehead atoms. The molecule has 0 radical (unpaired) electrons. The lowest BCUT2D eigenvalue weighted by Crippen LogP contribution is -2.28. The van der Waals surface area contributed by atoms with E-state index in [1.807, 2.05) is 24.3 Å². The van der Waals surface area contributed by atoms with E-state index in [4.69, 9.17) is 32.7 Å². The molecule has 1 amide bonds. The molecule has 2 aromatic carbocycles. The maximum absolute atomic E-state index is 11.8. The van der Waals surface area contributed by atoms with Crippen molar-refractivity contribution < 1.29 is 19.1 Å². The van der Waals surface area contributed by atoms with Crippen molar-refractivity contribution in [3.8, 4) is 5.75 Å². The Kier molecular flexibility index (Phi) is 6.46. The van der Waals surface area contributed by atoms with Gasteiger partial charge in [0.05, 0.1) is 22.7 Å². The molecule has 7 heteroatoms. The predicted octanol–water partition coefficient (Wildman–Crippen LogP) is 3.48. The van der Waals surface area contributed by atoms with Gasteiger partial charge >= 0.3 is 5.97 Å². The third-order valence-electron chi connectivity index (χ3n) is 3.11. The summed E-state index contributed by atoms with van der Waals surface area (Å²) in [7, 11) is 1.57. The molecule has 0 aromatic heterocycles. The summed E-state index contributed by atoms with van der Waals surface area (Å²) in [6.07, 6.45) is 0. The van der Waals surface area contributed by atoms with Crippen molar-refractivity contribution in [2.75, 3.05) is 13.7 Å². The van der Waals surface area contributed by atoms with Gasteiger partial charge in [-0.3, -0.25) is 4.79 Å². The van der Waals surface area contributed by atoms with Gasteiger partial charge < -0.3 is 14.8 Å². The Hall–Kier alpha value is -2.24. The number of halogens is 2. The third kappa shape index (κ3) is 5.15. The number of esters is 1. The maximum Gasteiger partial charge on any atom is 0.338 e. The topological polar surface area (TPSA) is 64.6 Å². The molecule has 0 aliphatic rings. The first-order valence-corrected chi connectivity index (χ1v) is 7.77. The first-order valence-electron chi connectivity index (χ1n) is 7.01. The lowest BCUT2D eigenvalue weighted by molar-refractivity contribution is -0.124. The number of rotatable bonds is 6. The minimum Gasteiger partial charge on any atom is -0.497 e. The largest absolute Gasteiger partial charge is 0.497 e. The van der Waals surface area contributed by atoms with Crippen LogP contribution in [0.5, 0.6) is 5.75 Å². The molecule has 0 fully saturated rings. The van der Waals surface area contributed by atoms with Gasteiger partial charge in [0, 0.05) is 6.54 Å². The van der Waals surface area contributed by atoms with Crippen molar-refractivity contribution in [1.29, 1.82) is 0 Å². The summed E-state index contributed by atoms with van der Waals surface area (Å²) in [4.78, 5) is 23.6. The Morgan fingerprint density at radius 1 is 1.08 bits per heavy atom. The molecule has 2 aromatic rings. The molecule has 0 heterocycles. The van der Waals surface area contributed by atoms with E-state index in [1.165, 1.54) is 18.2 Å². The molecular weight excluding hydrogens is 353 g/mol. The SMILES string of the molecule is COc1cccc(CNC(=O)COC(=O)c2ccc(Cl)c(Cl)c2)c1. The van der Waals surface area contributed by atoms with Crippen LogP contribution in [0.2, 0.25) is 10.0 Å². The fourth-order valence-electron chi connectivity index (χ4n) is 1.87. The van der Waals surface area contributed by atoms with Crippen LogP contribution in [0, 0.1) is 0 Å². The molecule has 0 unspecified atom stereocenters. The Balaban J connectivity index is 1.82. The number of benzene rings is 2. The number of hydrogen-bond acceptors (Lipinski definition) is 4. The second-order valence-electron chi connectivity index (χ2n) is 4.83. The second-order valence-corrected chi connectivity index (χ2v) is 5.65. The van der Waals surface area contributed by atoms with Crippen LogP contribution in [0.25, 0.3) is 0 Å². The van der Waals surface area contributed by atoms with Crippen LogP contribution in [0.1, 0.15) is 15.9 Å². The fourth-order valence-corrected chi connectivity index (χ4v) is 2.17. The van der Waals surface area contributed by atoms with Gasteiger partial charge in [0.1, 0.15) is 5.75 Å². The van der Waals surface area contributed by atoms with Crippen molar-refractivity contribution in [2.45, 2.75) is 6.54 Å². The number of amides is 1. The maximum atomic E-state index is 11.8. The molecule has 0 aliphatic carbocycles. The Labute approximate surface area is 149 Å². The molecule has 24 heavy (non-hydrogen) atoms. The normalized spacial score (nSPS) is 10.1. The Bertz CT molecular complexity index is 749. The highest BCUT2D eigenvalue weighted by molar-refractivity contribution is 6.42. The molecule has 0 saturated carbocycles. The van der Waals surface area contributed by atoms with E-state index in [0.717, 1.165) is 5.56 Å². The van der Waals surface area contributed by atoms with E-state index in [1.54, 1.807) is 7.11 Å². The van der Waals surface area contributed by atoms with Gasteiger partial charge in [-0.1, -0.05) is 35.3 Å². The molecule has 0 saturated heterocycles. The van der Waals surface area contributed by atoms with Gasteiger partial charge in [-0.15, -0.1) is 0 Å². The smallest absolute Gasteiger partial charge is 0.338 e. The van der Waals surface area contributed by atoms with Gasteiger partial charge in [-0.25, -0.2) is 4.79 Å². The first kappa shape index (κ1) is 18.1. The summed E-state index contributed by atoms with van der Waals surface area (Å²) < 4.78 is 10.0. The van der Waals surface area contributed by atoms with E-state index in [2.05, 4.69) is 5.32 Å². The number of carbonyl (C=O) groups excluding carboxylic acids is 2. The molecule has 2 rings (SSSR count). The first-order chi connectivity index (χ1) is 11.5. The zero-order chi connectivity index (χ0) is 17.5. The monoisotopic (exact) mass is 367 g/mol. The van der Waals surface area contributed by atoms with E-state index >= 15 is 0 Å². The zero-order valence-corrected chi connectivity index (χ0v) is 14.4. The van der Waals surface area contributed by atoms with Crippen LogP contribution in [-0.2, 0) is 16.1 Å². The van der Waals surface area contributed by atoms with Gasteiger partial charge in [0.15, 0.2) is 6.61 Å². The minimum absolute atomic E-state index is 0.227. The van der Waals surface area contributed by atoms with Crippen molar-refractivity contribution >= 4 is 35.1 Å². The molecule has 5 nitrogen and oxygen atoms in total. The van der Waals surface area contributed by atoms with Crippen LogP contribution in [-0.4, -0.2) is 25.6 Å². The van der Waals surface area contributed by atoms with E-state index in [0.29, 0.717) is 17.3 Å². The van der Waals surface area contributed by atoms with Crippen LogP contribution in [0.4, 0.5) is 0 Å². The molecule has 0 aliphatic heterocycles. The van der Waals surface area contributed by atoms with Gasteiger partial charge in [0.25, 0.3) is 5.91 Å². The minimum atomic E-state index is -0.648. The van der Waals surface area contributed by atoms with E-state index < -0.39 is 11.9 Å². The number of methoxy groups -OCH3 is 1. The Morgan fingerprint density at radius 3 is 2.58 bits per heavy atom. The standard InChI is InChI=1S/C17H15Cl2NO4/c1-23-13-4-2-3-11(7-13)9-20-16(21)10-24-17(22)12-5-6-14(18)15(19)8-12/h2-8H,9-10H2,1H3,(H,20,21). The van der Waals surface area contributed by atoms with Crippen LogP contribution in [0.15, 0.2) is 42.5 Å². The highest BCUT2D eigenvalue weighted by atomic mass is 35.5. The number of carbonyl (C=O) groups is 2. The van der Waals surface area contributed by atoms with Gasteiger partial charge in [-0.2, -0.15) is 0 Å². The number of nitrogens with one attached hydrogen (secondary N) is 1. The highest BCUT2D eigenvalue weighted by Gasteiger charge is 2.11. The fraction of sp³-hybridized carbons (Fsp3) is 0.176. The summed E-state index contributed by atoms with van der Waals surface area (Å²) >= 11 is 11.6.